The summed E-state index contributed by atoms with van der Waals surface area (Å²) in [4.78, 5) is 16.9. The Bertz CT molecular complexity index is 311. The number of nitrogens with one attached hydrogen (secondary N) is 1. The minimum Gasteiger partial charge on any atom is -0.348 e. The van der Waals surface area contributed by atoms with Gasteiger partial charge in [0.2, 0.25) is 5.91 Å². The average Bonchev–Trinajstić information content (AvgIpc) is 2.26. The van der Waals surface area contributed by atoms with E-state index in [1.54, 1.807) is 31.4 Å². The topological polar surface area (TPSA) is 45.2 Å². The van der Waals surface area contributed by atoms with Crippen molar-refractivity contribution in [2.45, 2.75) is 13.0 Å². The van der Waals surface area contributed by atoms with E-state index in [2.05, 4.69) is 10.3 Å². The second-order valence-corrected chi connectivity index (χ2v) is 3.67. The van der Waals surface area contributed by atoms with Crippen molar-refractivity contribution in [3.63, 3.8) is 0 Å². The Morgan fingerprint density at radius 1 is 1.47 bits per heavy atom. The molecule has 0 unspecified atom stereocenters. The minimum absolute atomic E-state index is 0.0795. The fraction of sp³-hybridized carbons (Fsp3) is 0.455. The molecule has 1 atom stereocenters. The van der Waals surface area contributed by atoms with Crippen LogP contribution >= 0.6 is 0 Å². The fourth-order valence-electron chi connectivity index (χ4n) is 1.17. The second-order valence-electron chi connectivity index (χ2n) is 3.67. The molecule has 4 heteroatoms. The van der Waals surface area contributed by atoms with Crippen LogP contribution in [0.4, 0.5) is 0 Å². The van der Waals surface area contributed by atoms with Gasteiger partial charge in [-0.15, -0.1) is 0 Å². The molecule has 1 aromatic heterocycles. The van der Waals surface area contributed by atoms with Gasteiger partial charge in [-0.25, -0.2) is 0 Å². The lowest BCUT2D eigenvalue weighted by Gasteiger charge is -2.16. The first kappa shape index (κ1) is 11.7. The molecule has 0 aliphatic rings. The molecule has 15 heavy (non-hydrogen) atoms. The number of likely N-dealkylation sites (N-methyl/N-ethyl adjacent to an activating group) is 1. The lowest BCUT2D eigenvalue weighted by molar-refractivity contribution is -0.127. The molecular formula is C11H17N3O. The normalized spacial score (nSPS) is 12.2. The number of pyridine rings is 1. The highest BCUT2D eigenvalue weighted by Gasteiger charge is 2.08. The molecule has 0 spiro atoms. The number of hydrogen-bond acceptors (Lipinski definition) is 3. The number of nitrogens with zero attached hydrogens (tertiary/aromatic N) is 2. The predicted molar refractivity (Wildman–Crippen MR) is 59.3 cm³/mol. The lowest BCUT2D eigenvalue weighted by Crippen LogP contribution is -2.34. The predicted octanol–water partition coefficient (Wildman–Crippen LogP) is 0.820. The van der Waals surface area contributed by atoms with Crippen molar-refractivity contribution in [3.8, 4) is 0 Å². The fourth-order valence-corrected chi connectivity index (χ4v) is 1.17. The Labute approximate surface area is 90.3 Å². The van der Waals surface area contributed by atoms with Crippen LogP contribution in [0, 0.1) is 0 Å². The zero-order valence-corrected chi connectivity index (χ0v) is 9.40. The third kappa shape index (κ3) is 3.67. The van der Waals surface area contributed by atoms with E-state index in [1.165, 1.54) is 0 Å². The van der Waals surface area contributed by atoms with Crippen molar-refractivity contribution < 1.29 is 4.79 Å². The number of carbonyl (C=O) groups excluding carboxylic acids is 1. The summed E-state index contributed by atoms with van der Waals surface area (Å²) in [6, 6.07) is 4.05. The smallest absolute Gasteiger partial charge is 0.236 e. The average molecular weight is 207 g/mol. The molecule has 1 rings (SSSR count). The summed E-state index contributed by atoms with van der Waals surface area (Å²) >= 11 is 0. The van der Waals surface area contributed by atoms with Gasteiger partial charge in [0.1, 0.15) is 0 Å². The van der Waals surface area contributed by atoms with Gasteiger partial charge < -0.3 is 10.2 Å². The minimum atomic E-state index is 0.0795. The van der Waals surface area contributed by atoms with Gasteiger partial charge in [-0.05, 0) is 24.6 Å². The Hall–Kier alpha value is -1.42. The molecule has 0 fully saturated rings. The lowest BCUT2D eigenvalue weighted by atomic mass is 10.1. The van der Waals surface area contributed by atoms with E-state index < -0.39 is 0 Å². The molecule has 1 N–H and O–H groups in total. The molecule has 1 aromatic rings. The van der Waals surface area contributed by atoms with Crippen LogP contribution in [0.2, 0.25) is 0 Å². The maximum absolute atomic E-state index is 11.3. The maximum atomic E-state index is 11.3. The summed E-state index contributed by atoms with van der Waals surface area (Å²) in [5.41, 5.74) is 1.14. The van der Waals surface area contributed by atoms with Crippen LogP contribution in [0.25, 0.3) is 0 Å². The van der Waals surface area contributed by atoms with Gasteiger partial charge in [-0.3, -0.25) is 9.78 Å². The summed E-state index contributed by atoms with van der Waals surface area (Å²) in [5.74, 6) is 0.0795. The Morgan fingerprint density at radius 3 is 2.60 bits per heavy atom. The van der Waals surface area contributed by atoms with E-state index in [0.29, 0.717) is 6.54 Å². The number of amides is 1. The molecule has 1 amide bonds. The van der Waals surface area contributed by atoms with E-state index in [-0.39, 0.29) is 11.9 Å². The number of aromatic nitrogens is 1. The second kappa shape index (κ2) is 5.46. The SMILES string of the molecule is C[C@H](NCC(=O)N(C)C)c1ccncc1. The molecule has 0 aromatic carbocycles. The van der Waals surface area contributed by atoms with E-state index >= 15 is 0 Å². The largest absolute Gasteiger partial charge is 0.348 e. The highest BCUT2D eigenvalue weighted by atomic mass is 16.2. The van der Waals surface area contributed by atoms with Crippen LogP contribution in [0.15, 0.2) is 24.5 Å². The van der Waals surface area contributed by atoms with Gasteiger partial charge in [0.05, 0.1) is 6.54 Å². The number of carbonyl (C=O) groups is 1. The first-order valence-corrected chi connectivity index (χ1v) is 4.94. The number of hydrogen-bond donors (Lipinski definition) is 1. The first-order valence-electron chi connectivity index (χ1n) is 4.94. The molecule has 0 saturated heterocycles. The molecule has 0 aliphatic heterocycles. The maximum Gasteiger partial charge on any atom is 0.236 e. The van der Waals surface area contributed by atoms with E-state index in [0.717, 1.165) is 5.56 Å². The summed E-state index contributed by atoms with van der Waals surface area (Å²) < 4.78 is 0. The third-order valence-corrected chi connectivity index (χ3v) is 2.26. The van der Waals surface area contributed by atoms with Crippen molar-refractivity contribution in [3.05, 3.63) is 30.1 Å². The van der Waals surface area contributed by atoms with E-state index in [9.17, 15) is 4.79 Å². The Balaban J connectivity index is 2.44. The van der Waals surface area contributed by atoms with E-state index in [4.69, 9.17) is 0 Å². The van der Waals surface area contributed by atoms with Crippen LogP contribution in [-0.2, 0) is 4.79 Å². The van der Waals surface area contributed by atoms with Gasteiger partial charge in [0, 0.05) is 32.5 Å². The molecule has 0 bridgehead atoms. The molecule has 0 saturated carbocycles. The summed E-state index contributed by atoms with van der Waals surface area (Å²) in [6.45, 7) is 2.38. The molecule has 0 radical (unpaired) electrons. The zero-order chi connectivity index (χ0) is 11.3. The molecule has 82 valence electrons. The standard InChI is InChI=1S/C11H17N3O/c1-9(10-4-6-12-7-5-10)13-8-11(15)14(2)3/h4-7,9,13H,8H2,1-3H3/t9-/m0/s1. The first-order chi connectivity index (χ1) is 7.11. The number of rotatable bonds is 4. The third-order valence-electron chi connectivity index (χ3n) is 2.26. The van der Waals surface area contributed by atoms with Crippen molar-refractivity contribution in [1.82, 2.24) is 15.2 Å². The van der Waals surface area contributed by atoms with Gasteiger partial charge >= 0.3 is 0 Å². The van der Waals surface area contributed by atoms with Crippen LogP contribution in [0.3, 0.4) is 0 Å². The van der Waals surface area contributed by atoms with Gasteiger partial charge in [0.25, 0.3) is 0 Å². The molecule has 1 heterocycles. The molecule has 4 nitrogen and oxygen atoms in total. The van der Waals surface area contributed by atoms with Crippen molar-refractivity contribution in [2.24, 2.45) is 0 Å². The molecular weight excluding hydrogens is 190 g/mol. The van der Waals surface area contributed by atoms with Crippen molar-refractivity contribution >= 4 is 5.91 Å². The summed E-state index contributed by atoms with van der Waals surface area (Å²) in [7, 11) is 3.50. The van der Waals surface area contributed by atoms with Gasteiger partial charge in [-0.1, -0.05) is 0 Å². The van der Waals surface area contributed by atoms with Crippen LogP contribution in [0.1, 0.15) is 18.5 Å². The Morgan fingerprint density at radius 2 is 2.07 bits per heavy atom. The highest BCUT2D eigenvalue weighted by Crippen LogP contribution is 2.09. The van der Waals surface area contributed by atoms with Crippen LogP contribution in [-0.4, -0.2) is 36.4 Å². The van der Waals surface area contributed by atoms with Crippen molar-refractivity contribution in [2.75, 3.05) is 20.6 Å². The summed E-state index contributed by atoms with van der Waals surface area (Å²) in [5, 5.41) is 3.16. The van der Waals surface area contributed by atoms with E-state index in [1.807, 2.05) is 19.1 Å². The highest BCUT2D eigenvalue weighted by molar-refractivity contribution is 5.77. The van der Waals surface area contributed by atoms with Gasteiger partial charge in [-0.2, -0.15) is 0 Å². The van der Waals surface area contributed by atoms with Gasteiger partial charge in [0.15, 0.2) is 0 Å². The summed E-state index contributed by atoms with van der Waals surface area (Å²) in [6.07, 6.45) is 3.50. The van der Waals surface area contributed by atoms with Crippen LogP contribution < -0.4 is 5.32 Å². The zero-order valence-electron chi connectivity index (χ0n) is 9.40. The van der Waals surface area contributed by atoms with Crippen molar-refractivity contribution in [1.29, 1.82) is 0 Å². The monoisotopic (exact) mass is 207 g/mol. The van der Waals surface area contributed by atoms with Crippen LogP contribution in [0.5, 0.6) is 0 Å². The quantitative estimate of drug-likeness (QED) is 0.795. The Kier molecular flexibility index (Phi) is 4.24. The molecule has 0 aliphatic carbocycles.